The van der Waals surface area contributed by atoms with Gasteiger partial charge in [-0.05, 0) is 5.70 Å². The van der Waals surface area contributed by atoms with E-state index in [-0.39, 0.29) is 0 Å². The normalized spacial score (nSPS) is 10.7. The zero-order valence-electron chi connectivity index (χ0n) is 11.4. The van der Waals surface area contributed by atoms with Crippen molar-refractivity contribution in [2.45, 2.75) is 6.04 Å². The van der Waals surface area contributed by atoms with E-state index in [1.807, 2.05) is 6.08 Å². The highest BCUT2D eigenvalue weighted by atomic mass is 28.4. The maximum atomic E-state index is 4.99. The van der Waals surface area contributed by atoms with Gasteiger partial charge in [0.2, 0.25) is 0 Å². The van der Waals surface area contributed by atoms with Crippen molar-refractivity contribution in [2.24, 2.45) is 0 Å². The molecule has 0 bridgehead atoms. The van der Waals surface area contributed by atoms with E-state index in [2.05, 4.69) is 13.2 Å². The van der Waals surface area contributed by atoms with E-state index in [4.69, 9.17) is 22.1 Å². The molecule has 0 N–H and O–H groups in total. The lowest BCUT2D eigenvalue weighted by Gasteiger charge is -2.19. The van der Waals surface area contributed by atoms with E-state index in [9.17, 15) is 0 Å². The van der Waals surface area contributed by atoms with Crippen molar-refractivity contribution in [2.75, 3.05) is 35.5 Å². The highest BCUT2D eigenvalue weighted by Crippen LogP contribution is 2.04. The van der Waals surface area contributed by atoms with Crippen molar-refractivity contribution in [3.8, 4) is 0 Å². The van der Waals surface area contributed by atoms with Gasteiger partial charge < -0.3 is 22.1 Å². The summed E-state index contributed by atoms with van der Waals surface area (Å²) in [6.07, 6.45) is 1.82. The van der Waals surface area contributed by atoms with Crippen molar-refractivity contribution in [3.63, 3.8) is 0 Å². The number of rotatable bonds is 8. The Balaban J connectivity index is 0. The highest BCUT2D eigenvalue weighted by molar-refractivity contribution is 6.66. The molecule has 0 unspecified atom stereocenters. The molecule has 0 aliphatic rings. The molecule has 0 aliphatic heterocycles. The second-order valence-corrected chi connectivity index (χ2v) is 7.96. The van der Waals surface area contributed by atoms with Crippen LogP contribution in [-0.4, -0.2) is 53.6 Å². The van der Waals surface area contributed by atoms with Crippen LogP contribution in [0.4, 0.5) is 0 Å². The molecule has 5 nitrogen and oxygen atoms in total. The van der Waals surface area contributed by atoms with Crippen molar-refractivity contribution >= 4 is 18.1 Å². The van der Waals surface area contributed by atoms with Crippen LogP contribution in [-0.2, 0) is 22.1 Å². The van der Waals surface area contributed by atoms with Gasteiger partial charge in [-0.25, -0.2) is 0 Å². The first-order chi connectivity index (χ1) is 8.09. The molecule has 0 rings (SSSR count). The van der Waals surface area contributed by atoms with Crippen molar-refractivity contribution in [1.29, 1.82) is 0 Å². The van der Waals surface area contributed by atoms with E-state index in [1.165, 1.54) is 0 Å². The predicted molar refractivity (Wildman–Crippen MR) is 73.1 cm³/mol. The molecular formula is C10H24O5Si2. The van der Waals surface area contributed by atoms with Gasteiger partial charge in [-0.3, -0.25) is 0 Å². The summed E-state index contributed by atoms with van der Waals surface area (Å²) in [4.78, 5) is 0. The van der Waals surface area contributed by atoms with Gasteiger partial charge in [0.05, 0.1) is 0 Å². The molecule has 17 heavy (non-hydrogen) atoms. The van der Waals surface area contributed by atoms with Crippen LogP contribution in [0.1, 0.15) is 0 Å². The van der Waals surface area contributed by atoms with Gasteiger partial charge >= 0.3 is 18.1 Å². The minimum atomic E-state index is -2.43. The molecule has 0 fully saturated rings. The number of hydrogen-bond acceptors (Lipinski definition) is 5. The second-order valence-electron chi connectivity index (χ2n) is 2.85. The minimum absolute atomic E-state index is 0.882. The van der Waals surface area contributed by atoms with Gasteiger partial charge in [-0.2, -0.15) is 0 Å². The average Bonchev–Trinajstić information content (AvgIpc) is 2.40. The Bertz CT molecular complexity index is 185. The van der Waals surface area contributed by atoms with E-state index in [1.54, 1.807) is 41.2 Å². The Kier molecular flexibility index (Phi) is 13.7. The number of allylic oxidation sites excluding steroid dienone is 1. The average molecular weight is 280 g/mol. The predicted octanol–water partition coefficient (Wildman–Crippen LogP) is 1.28. The van der Waals surface area contributed by atoms with Crippen LogP contribution in [0.25, 0.3) is 0 Å². The summed E-state index contributed by atoms with van der Waals surface area (Å²) in [5.74, 6) is 0. The Morgan fingerprint density at radius 1 is 0.941 bits per heavy atom. The quantitative estimate of drug-likeness (QED) is 0.495. The van der Waals surface area contributed by atoms with Crippen LogP contribution >= 0.6 is 0 Å². The topological polar surface area (TPSA) is 46.2 Å². The van der Waals surface area contributed by atoms with Crippen LogP contribution in [0.2, 0.25) is 6.04 Å². The van der Waals surface area contributed by atoms with Crippen molar-refractivity contribution < 1.29 is 22.1 Å². The fraction of sp³-hybridized carbons (Fsp3) is 0.600. The Labute approximate surface area is 107 Å². The second kappa shape index (κ2) is 12.2. The SMILES string of the molecule is C=CC[SiH](OC)OC.C=C[Si](OC)(OC)OC. The maximum absolute atomic E-state index is 4.99. The molecule has 7 heteroatoms. The lowest BCUT2D eigenvalue weighted by molar-refractivity contribution is 0.138. The van der Waals surface area contributed by atoms with Crippen molar-refractivity contribution in [3.05, 3.63) is 24.9 Å². The lowest BCUT2D eigenvalue weighted by atomic mass is 10.8. The Morgan fingerprint density at radius 2 is 1.35 bits per heavy atom. The van der Waals surface area contributed by atoms with Gasteiger partial charge in [0.25, 0.3) is 0 Å². The van der Waals surface area contributed by atoms with E-state index in [0.29, 0.717) is 0 Å². The molecular weight excluding hydrogens is 256 g/mol. The summed E-state index contributed by atoms with van der Waals surface area (Å²) >= 11 is 0. The van der Waals surface area contributed by atoms with Gasteiger partial charge in [0.15, 0.2) is 0 Å². The zero-order chi connectivity index (χ0) is 13.7. The van der Waals surface area contributed by atoms with Gasteiger partial charge in [0, 0.05) is 41.6 Å². The third-order valence-electron chi connectivity index (χ3n) is 1.99. The molecule has 0 aliphatic carbocycles. The maximum Gasteiger partial charge on any atom is 0.528 e. The molecule has 0 aromatic rings. The number of hydrogen-bond donors (Lipinski definition) is 0. The fourth-order valence-electron chi connectivity index (χ4n) is 0.925. The third-order valence-corrected chi connectivity index (χ3v) is 5.97. The summed E-state index contributed by atoms with van der Waals surface area (Å²) < 4.78 is 24.9. The van der Waals surface area contributed by atoms with Gasteiger partial charge in [-0.15, -0.1) is 6.58 Å². The molecule has 0 radical (unpaired) electrons. The van der Waals surface area contributed by atoms with Gasteiger partial charge in [0.1, 0.15) is 0 Å². The molecule has 0 spiro atoms. The molecule has 0 aromatic heterocycles. The first kappa shape index (κ1) is 19.1. The monoisotopic (exact) mass is 280 g/mol. The molecule has 0 heterocycles. The largest absolute Gasteiger partial charge is 0.528 e. The minimum Gasteiger partial charge on any atom is -0.400 e. The summed E-state index contributed by atoms with van der Waals surface area (Å²) in [5.41, 5.74) is 1.58. The first-order valence-corrected chi connectivity index (χ1v) is 8.61. The van der Waals surface area contributed by atoms with Crippen LogP contribution in [0.3, 0.4) is 0 Å². The highest BCUT2D eigenvalue weighted by Gasteiger charge is 2.33. The molecule has 0 atom stereocenters. The molecule has 0 aromatic carbocycles. The summed E-state index contributed by atoms with van der Waals surface area (Å²) in [5, 5.41) is 0. The summed E-state index contributed by atoms with van der Waals surface area (Å²) in [7, 11) is 4.23. The Hall–Kier alpha value is -0.286. The smallest absolute Gasteiger partial charge is 0.400 e. The molecule has 102 valence electrons. The van der Waals surface area contributed by atoms with Crippen molar-refractivity contribution in [1.82, 2.24) is 0 Å². The Morgan fingerprint density at radius 3 is 1.41 bits per heavy atom. The van der Waals surface area contributed by atoms with Crippen LogP contribution < -0.4 is 0 Å². The molecule has 0 saturated carbocycles. The van der Waals surface area contributed by atoms with Crippen LogP contribution in [0.15, 0.2) is 24.9 Å². The summed E-state index contributed by atoms with van der Waals surface area (Å²) in [6, 6.07) is 0.882. The first-order valence-electron chi connectivity index (χ1n) is 5.05. The zero-order valence-corrected chi connectivity index (χ0v) is 13.5. The van der Waals surface area contributed by atoms with Crippen LogP contribution in [0, 0.1) is 0 Å². The third kappa shape index (κ3) is 8.44. The van der Waals surface area contributed by atoms with Crippen LogP contribution in [0.5, 0.6) is 0 Å². The van der Waals surface area contributed by atoms with E-state index < -0.39 is 18.1 Å². The summed E-state index contributed by atoms with van der Waals surface area (Å²) in [6.45, 7) is 7.10. The molecule has 0 amide bonds. The fourth-order valence-corrected chi connectivity index (χ4v) is 2.77. The van der Waals surface area contributed by atoms with E-state index >= 15 is 0 Å². The molecule has 0 saturated heterocycles. The standard InChI is InChI=1S/C5H12O3Si.C5H12O2Si/c1-5-9(6-2,7-3)8-4;1-4-5-8(6-2)7-3/h5H,1H2,2-4H3;4,8H,1,5H2,2-3H3. The lowest BCUT2D eigenvalue weighted by Crippen LogP contribution is -2.40. The van der Waals surface area contributed by atoms with Gasteiger partial charge in [-0.1, -0.05) is 12.7 Å². The van der Waals surface area contributed by atoms with E-state index in [0.717, 1.165) is 6.04 Å².